The zero-order chi connectivity index (χ0) is 24.9. The van der Waals surface area contributed by atoms with Gasteiger partial charge in [0.05, 0.1) is 32.2 Å². The van der Waals surface area contributed by atoms with Crippen LogP contribution in [0.3, 0.4) is 0 Å². The van der Waals surface area contributed by atoms with Crippen molar-refractivity contribution in [3.63, 3.8) is 0 Å². The standard InChI is InChI=1S/C25H27N5O4S/c1-5-30-23-22(16(2)28-30)27-25(29(24(23)32)14-17-9-6-7-12-20(17)34-4)35-15-21(31)26-18-10-8-11-19(13-18)33-3/h6-13H,5,14-15H2,1-4H3,(H,26,31). The van der Waals surface area contributed by atoms with Crippen molar-refractivity contribution < 1.29 is 14.3 Å². The van der Waals surface area contributed by atoms with Crippen LogP contribution >= 0.6 is 11.8 Å². The molecule has 0 aliphatic rings. The van der Waals surface area contributed by atoms with Crippen molar-refractivity contribution in [3.05, 3.63) is 70.1 Å². The minimum atomic E-state index is -0.220. The summed E-state index contributed by atoms with van der Waals surface area (Å²) in [6, 6.07) is 14.7. The lowest BCUT2D eigenvalue weighted by atomic mass is 10.2. The molecule has 35 heavy (non-hydrogen) atoms. The fourth-order valence-corrected chi connectivity index (χ4v) is 4.59. The third-order valence-electron chi connectivity index (χ3n) is 5.49. The zero-order valence-electron chi connectivity index (χ0n) is 20.1. The van der Waals surface area contributed by atoms with Gasteiger partial charge in [-0.05, 0) is 32.0 Å². The van der Waals surface area contributed by atoms with Gasteiger partial charge in [0.15, 0.2) is 10.7 Å². The quantitative estimate of drug-likeness (QED) is 0.280. The Balaban J connectivity index is 1.68. The minimum Gasteiger partial charge on any atom is -0.497 e. The topological polar surface area (TPSA) is 100 Å². The number of aromatic nitrogens is 4. The summed E-state index contributed by atoms with van der Waals surface area (Å²) < 4.78 is 13.9. The van der Waals surface area contributed by atoms with Crippen LogP contribution in [-0.2, 0) is 17.9 Å². The number of hydrogen-bond donors (Lipinski definition) is 1. The van der Waals surface area contributed by atoms with Gasteiger partial charge in [0.2, 0.25) is 5.91 Å². The van der Waals surface area contributed by atoms with Crippen molar-refractivity contribution in [1.29, 1.82) is 0 Å². The van der Waals surface area contributed by atoms with E-state index in [2.05, 4.69) is 10.4 Å². The Morgan fingerprint density at radius 3 is 2.66 bits per heavy atom. The second-order valence-corrected chi connectivity index (χ2v) is 8.71. The Morgan fingerprint density at radius 1 is 1.11 bits per heavy atom. The van der Waals surface area contributed by atoms with E-state index in [1.54, 1.807) is 47.7 Å². The molecule has 0 radical (unpaired) electrons. The van der Waals surface area contributed by atoms with Crippen molar-refractivity contribution in [2.75, 3.05) is 25.3 Å². The second-order valence-electron chi connectivity index (χ2n) is 7.76. The molecule has 1 amide bonds. The van der Waals surface area contributed by atoms with E-state index in [9.17, 15) is 9.59 Å². The van der Waals surface area contributed by atoms with Crippen LogP contribution < -0.4 is 20.3 Å². The summed E-state index contributed by atoms with van der Waals surface area (Å²) >= 11 is 1.20. The summed E-state index contributed by atoms with van der Waals surface area (Å²) in [4.78, 5) is 31.1. The number of para-hydroxylation sites is 1. The summed E-state index contributed by atoms with van der Waals surface area (Å²) in [6.45, 7) is 4.56. The van der Waals surface area contributed by atoms with Gasteiger partial charge in [-0.3, -0.25) is 18.8 Å². The first-order valence-electron chi connectivity index (χ1n) is 11.1. The van der Waals surface area contributed by atoms with E-state index < -0.39 is 0 Å². The highest BCUT2D eigenvalue weighted by molar-refractivity contribution is 7.99. The third kappa shape index (κ3) is 5.17. The maximum absolute atomic E-state index is 13.6. The molecule has 9 nitrogen and oxygen atoms in total. The number of benzene rings is 2. The average molecular weight is 494 g/mol. The minimum absolute atomic E-state index is 0.0715. The lowest BCUT2D eigenvalue weighted by Gasteiger charge is -2.15. The number of carbonyl (C=O) groups excluding carboxylic acids is 1. The summed E-state index contributed by atoms with van der Waals surface area (Å²) in [5.74, 6) is 1.17. The highest BCUT2D eigenvalue weighted by atomic mass is 32.2. The molecule has 0 saturated carbocycles. The molecule has 0 unspecified atom stereocenters. The Hall–Kier alpha value is -3.79. The van der Waals surface area contributed by atoms with Crippen LogP contribution in [0.25, 0.3) is 11.0 Å². The van der Waals surface area contributed by atoms with Gasteiger partial charge >= 0.3 is 0 Å². The third-order valence-corrected chi connectivity index (χ3v) is 6.46. The number of methoxy groups -OCH3 is 2. The first-order valence-corrected chi connectivity index (χ1v) is 12.1. The molecule has 0 fully saturated rings. The van der Waals surface area contributed by atoms with Gasteiger partial charge in [-0.25, -0.2) is 4.98 Å². The van der Waals surface area contributed by atoms with Gasteiger partial charge in [-0.15, -0.1) is 0 Å². The van der Waals surface area contributed by atoms with Crippen LogP contribution in [0.1, 0.15) is 18.2 Å². The fourth-order valence-electron chi connectivity index (χ4n) is 3.80. The molecule has 4 aromatic rings. The molecule has 4 rings (SSSR count). The first kappa shape index (κ1) is 24.3. The van der Waals surface area contributed by atoms with Gasteiger partial charge in [0.1, 0.15) is 17.0 Å². The molecule has 0 bridgehead atoms. The number of fused-ring (bicyclic) bond motifs is 1. The van der Waals surface area contributed by atoms with E-state index in [4.69, 9.17) is 14.5 Å². The molecule has 0 spiro atoms. The van der Waals surface area contributed by atoms with Gasteiger partial charge in [-0.1, -0.05) is 36.0 Å². The number of carbonyl (C=O) groups is 1. The zero-order valence-corrected chi connectivity index (χ0v) is 20.9. The Bertz CT molecular complexity index is 1430. The van der Waals surface area contributed by atoms with Crippen molar-refractivity contribution in [2.24, 2.45) is 0 Å². The number of hydrogen-bond acceptors (Lipinski definition) is 7. The van der Waals surface area contributed by atoms with E-state index in [0.717, 1.165) is 5.56 Å². The summed E-state index contributed by atoms with van der Waals surface area (Å²) in [7, 11) is 3.17. The highest BCUT2D eigenvalue weighted by Crippen LogP contribution is 2.24. The highest BCUT2D eigenvalue weighted by Gasteiger charge is 2.20. The van der Waals surface area contributed by atoms with Crippen LogP contribution in [0.2, 0.25) is 0 Å². The van der Waals surface area contributed by atoms with E-state index >= 15 is 0 Å². The predicted molar refractivity (Wildman–Crippen MR) is 137 cm³/mol. The molecule has 2 aromatic carbocycles. The van der Waals surface area contributed by atoms with Crippen LogP contribution in [0, 0.1) is 6.92 Å². The fraction of sp³-hybridized carbons (Fsp3) is 0.280. The van der Waals surface area contributed by atoms with Crippen molar-refractivity contribution in [3.8, 4) is 11.5 Å². The Kier molecular flexibility index (Phi) is 7.40. The molecule has 182 valence electrons. The van der Waals surface area contributed by atoms with Gasteiger partial charge in [-0.2, -0.15) is 5.10 Å². The van der Waals surface area contributed by atoms with Crippen molar-refractivity contribution in [2.45, 2.75) is 32.1 Å². The number of nitrogens with one attached hydrogen (secondary N) is 1. The summed E-state index contributed by atoms with van der Waals surface area (Å²) in [5.41, 5.74) is 2.92. The number of ether oxygens (including phenoxy) is 2. The SMILES string of the molecule is CCn1nc(C)c2nc(SCC(=O)Nc3cccc(OC)c3)n(Cc3ccccc3OC)c(=O)c21. The van der Waals surface area contributed by atoms with Crippen LogP contribution in [0.15, 0.2) is 58.5 Å². The van der Waals surface area contributed by atoms with Crippen molar-refractivity contribution in [1.82, 2.24) is 19.3 Å². The molecular formula is C25H27N5O4S. The Morgan fingerprint density at radius 2 is 1.91 bits per heavy atom. The molecule has 0 aliphatic heterocycles. The molecule has 0 atom stereocenters. The number of amides is 1. The van der Waals surface area contributed by atoms with E-state index in [1.165, 1.54) is 11.8 Å². The van der Waals surface area contributed by atoms with Crippen LogP contribution in [0.4, 0.5) is 5.69 Å². The average Bonchev–Trinajstić information content (AvgIpc) is 3.20. The van der Waals surface area contributed by atoms with Gasteiger partial charge in [0.25, 0.3) is 5.56 Å². The molecule has 2 heterocycles. The largest absolute Gasteiger partial charge is 0.497 e. The van der Waals surface area contributed by atoms with Gasteiger partial charge in [0, 0.05) is 23.9 Å². The molecule has 2 aromatic heterocycles. The molecule has 0 saturated heterocycles. The van der Waals surface area contributed by atoms with Gasteiger partial charge < -0.3 is 14.8 Å². The monoisotopic (exact) mass is 493 g/mol. The number of anilines is 1. The predicted octanol–water partition coefficient (Wildman–Crippen LogP) is 3.72. The molecule has 0 aliphatic carbocycles. The van der Waals surface area contributed by atoms with E-state index in [0.29, 0.717) is 45.6 Å². The smallest absolute Gasteiger partial charge is 0.280 e. The summed E-state index contributed by atoms with van der Waals surface area (Å²) in [6.07, 6.45) is 0. The molecule has 10 heteroatoms. The number of thioether (sulfide) groups is 1. The Labute approximate surface area is 207 Å². The maximum atomic E-state index is 13.6. The van der Waals surface area contributed by atoms with E-state index in [1.807, 2.05) is 38.1 Å². The van der Waals surface area contributed by atoms with Crippen LogP contribution in [-0.4, -0.2) is 45.2 Å². The van der Waals surface area contributed by atoms with Crippen LogP contribution in [0.5, 0.6) is 11.5 Å². The molecular weight excluding hydrogens is 466 g/mol. The lowest BCUT2D eigenvalue weighted by Crippen LogP contribution is -2.26. The lowest BCUT2D eigenvalue weighted by molar-refractivity contribution is -0.113. The first-order chi connectivity index (χ1) is 16.9. The van der Waals surface area contributed by atoms with E-state index in [-0.39, 0.29) is 23.8 Å². The van der Waals surface area contributed by atoms with Crippen molar-refractivity contribution >= 4 is 34.4 Å². The summed E-state index contributed by atoms with van der Waals surface area (Å²) in [5, 5.41) is 7.77. The number of rotatable bonds is 9. The molecule has 1 N–H and O–H groups in total. The maximum Gasteiger partial charge on any atom is 0.280 e. The number of aryl methyl sites for hydroxylation is 2. The number of nitrogens with zero attached hydrogens (tertiary/aromatic N) is 4. The second kappa shape index (κ2) is 10.6. The normalized spacial score (nSPS) is 11.0.